The summed E-state index contributed by atoms with van der Waals surface area (Å²) >= 11 is 0. The summed E-state index contributed by atoms with van der Waals surface area (Å²) in [6.45, 7) is 3.46. The number of nitrogen functional groups attached to an aromatic ring is 1. The summed E-state index contributed by atoms with van der Waals surface area (Å²) < 4.78 is 18.9. The van der Waals surface area contributed by atoms with E-state index in [0.29, 0.717) is 11.4 Å². The Hall–Kier alpha value is -2.17. The highest BCUT2D eigenvalue weighted by atomic mass is 19.1. The van der Waals surface area contributed by atoms with Gasteiger partial charge in [-0.3, -0.25) is 0 Å². The molecule has 0 unspecified atom stereocenters. The van der Waals surface area contributed by atoms with Crippen molar-refractivity contribution < 1.29 is 9.13 Å². The van der Waals surface area contributed by atoms with E-state index >= 15 is 0 Å². The highest BCUT2D eigenvalue weighted by molar-refractivity contribution is 5.55. The topological polar surface area (TPSA) is 61.0 Å². The lowest BCUT2D eigenvalue weighted by Gasteiger charge is -2.09. The molecule has 2 rings (SSSR count). The number of halogens is 1. The van der Waals surface area contributed by atoms with E-state index in [-0.39, 0.29) is 11.6 Å². The Morgan fingerprint density at radius 2 is 2.00 bits per heavy atom. The molecule has 0 aliphatic rings. The third-order valence-electron chi connectivity index (χ3n) is 2.30. The Balaban J connectivity index is 2.35. The van der Waals surface area contributed by atoms with Gasteiger partial charge in [0, 0.05) is 0 Å². The van der Waals surface area contributed by atoms with Gasteiger partial charge >= 0.3 is 0 Å². The molecule has 1 aromatic heterocycles. The third-order valence-corrected chi connectivity index (χ3v) is 2.30. The Kier molecular flexibility index (Phi) is 2.91. The number of nitrogens with two attached hydrogens (primary N) is 1. The van der Waals surface area contributed by atoms with Gasteiger partial charge in [0.05, 0.1) is 11.4 Å². The smallest absolute Gasteiger partial charge is 0.259 e. The number of hydrogen-bond donors (Lipinski definition) is 1. The second-order valence-electron chi connectivity index (χ2n) is 3.72. The predicted octanol–water partition coefficient (Wildman–Crippen LogP) is 2.61. The van der Waals surface area contributed by atoms with E-state index < -0.39 is 5.82 Å². The predicted molar refractivity (Wildman–Crippen MR) is 62.4 cm³/mol. The molecular formula is C12H12FN3O. The molecule has 0 saturated heterocycles. The van der Waals surface area contributed by atoms with Gasteiger partial charge in [-0.1, -0.05) is 6.07 Å². The maximum Gasteiger partial charge on any atom is 0.259 e. The van der Waals surface area contributed by atoms with Gasteiger partial charge in [0.15, 0.2) is 5.75 Å². The average Bonchev–Trinajstić information content (AvgIpc) is 2.28. The van der Waals surface area contributed by atoms with Crippen molar-refractivity contribution in [1.82, 2.24) is 9.97 Å². The molecule has 0 saturated carbocycles. The van der Waals surface area contributed by atoms with E-state index in [1.165, 1.54) is 6.33 Å². The minimum Gasteiger partial charge on any atom is -0.434 e. The summed E-state index contributed by atoms with van der Waals surface area (Å²) in [6.07, 6.45) is 1.25. The molecule has 0 aliphatic carbocycles. The molecule has 1 heterocycles. The zero-order valence-corrected chi connectivity index (χ0v) is 9.57. The quantitative estimate of drug-likeness (QED) is 0.810. The van der Waals surface area contributed by atoms with E-state index in [1.807, 2.05) is 13.0 Å². The Bertz CT molecular complexity index is 557. The molecule has 0 bridgehead atoms. The van der Waals surface area contributed by atoms with Crippen LogP contribution in [0.2, 0.25) is 0 Å². The van der Waals surface area contributed by atoms with Crippen LogP contribution >= 0.6 is 0 Å². The lowest BCUT2D eigenvalue weighted by Crippen LogP contribution is -1.99. The molecule has 0 spiro atoms. The van der Waals surface area contributed by atoms with Crippen molar-refractivity contribution in [3.05, 3.63) is 41.6 Å². The summed E-state index contributed by atoms with van der Waals surface area (Å²) in [6, 6.07) is 5.26. The molecular weight excluding hydrogens is 221 g/mol. The second kappa shape index (κ2) is 4.37. The molecule has 17 heavy (non-hydrogen) atoms. The number of aromatic nitrogens is 2. The molecule has 0 amide bonds. The van der Waals surface area contributed by atoms with Crippen molar-refractivity contribution in [3.63, 3.8) is 0 Å². The lowest BCUT2D eigenvalue weighted by atomic mass is 10.2. The number of nitrogens with zero attached hydrogens (tertiary/aromatic N) is 2. The van der Waals surface area contributed by atoms with E-state index in [9.17, 15) is 4.39 Å². The molecule has 2 aromatic rings. The van der Waals surface area contributed by atoms with Gasteiger partial charge in [-0.25, -0.2) is 4.98 Å². The van der Waals surface area contributed by atoms with E-state index in [1.54, 1.807) is 19.1 Å². The van der Waals surface area contributed by atoms with Crippen molar-refractivity contribution in [2.45, 2.75) is 13.8 Å². The maximum absolute atomic E-state index is 13.6. The summed E-state index contributed by atoms with van der Waals surface area (Å²) in [5.74, 6) is -0.312. The van der Waals surface area contributed by atoms with E-state index in [4.69, 9.17) is 10.5 Å². The number of benzene rings is 1. The molecule has 0 atom stereocenters. The highest BCUT2D eigenvalue weighted by Crippen LogP contribution is 2.28. The fourth-order valence-corrected chi connectivity index (χ4v) is 1.37. The Morgan fingerprint density at radius 1 is 1.24 bits per heavy atom. The first-order valence-electron chi connectivity index (χ1n) is 5.09. The second-order valence-corrected chi connectivity index (χ2v) is 3.72. The number of anilines is 1. The minimum atomic E-state index is -0.576. The van der Waals surface area contributed by atoms with Crippen LogP contribution in [0.1, 0.15) is 11.3 Å². The number of aryl methyl sites for hydroxylation is 2. The monoisotopic (exact) mass is 233 g/mol. The lowest BCUT2D eigenvalue weighted by molar-refractivity contribution is 0.418. The maximum atomic E-state index is 13.6. The molecule has 0 radical (unpaired) electrons. The van der Waals surface area contributed by atoms with Gasteiger partial charge in [0.25, 0.3) is 5.88 Å². The summed E-state index contributed by atoms with van der Waals surface area (Å²) in [4.78, 5) is 7.45. The van der Waals surface area contributed by atoms with E-state index in [0.717, 1.165) is 5.56 Å². The summed E-state index contributed by atoms with van der Waals surface area (Å²) in [5, 5.41) is 0. The number of hydrogen-bond acceptors (Lipinski definition) is 4. The minimum absolute atomic E-state index is 0.118. The van der Waals surface area contributed by atoms with Crippen LogP contribution in [0.15, 0.2) is 24.5 Å². The standard InChI is InChI=1S/C12H12FN3O/c1-7-3-4-10(9(14)5-7)17-12-11(13)8(2)15-6-16-12/h3-6H,14H2,1-2H3. The molecule has 88 valence electrons. The van der Waals surface area contributed by atoms with Crippen molar-refractivity contribution in [3.8, 4) is 11.6 Å². The first-order chi connectivity index (χ1) is 8.08. The number of ether oxygens (including phenoxy) is 1. The molecule has 0 fully saturated rings. The molecule has 2 N–H and O–H groups in total. The fraction of sp³-hybridized carbons (Fsp3) is 0.167. The van der Waals surface area contributed by atoms with Crippen LogP contribution in [-0.4, -0.2) is 9.97 Å². The number of rotatable bonds is 2. The average molecular weight is 233 g/mol. The van der Waals surface area contributed by atoms with Crippen LogP contribution in [0.4, 0.5) is 10.1 Å². The van der Waals surface area contributed by atoms with Crippen molar-refractivity contribution in [1.29, 1.82) is 0 Å². The SMILES string of the molecule is Cc1ccc(Oc2ncnc(C)c2F)c(N)c1. The van der Waals surface area contributed by atoms with Gasteiger partial charge in [0.2, 0.25) is 5.82 Å². The zero-order chi connectivity index (χ0) is 12.4. The zero-order valence-electron chi connectivity index (χ0n) is 9.57. The fourth-order valence-electron chi connectivity index (χ4n) is 1.37. The molecule has 5 heteroatoms. The van der Waals surface area contributed by atoms with Crippen molar-refractivity contribution in [2.75, 3.05) is 5.73 Å². The molecule has 0 aliphatic heterocycles. The van der Waals surface area contributed by atoms with Gasteiger partial charge in [-0.15, -0.1) is 0 Å². The highest BCUT2D eigenvalue weighted by Gasteiger charge is 2.11. The Morgan fingerprint density at radius 3 is 2.71 bits per heavy atom. The Labute approximate surface area is 98.3 Å². The first-order valence-corrected chi connectivity index (χ1v) is 5.09. The van der Waals surface area contributed by atoms with Crippen LogP contribution in [0.5, 0.6) is 11.6 Å². The van der Waals surface area contributed by atoms with Crippen LogP contribution in [0.3, 0.4) is 0 Å². The van der Waals surface area contributed by atoms with E-state index in [2.05, 4.69) is 9.97 Å². The van der Waals surface area contributed by atoms with Crippen molar-refractivity contribution in [2.24, 2.45) is 0 Å². The summed E-state index contributed by atoms with van der Waals surface area (Å²) in [7, 11) is 0. The summed E-state index contributed by atoms with van der Waals surface area (Å²) in [5.41, 5.74) is 7.46. The van der Waals surface area contributed by atoms with Crippen molar-refractivity contribution >= 4 is 5.69 Å². The molecule has 4 nitrogen and oxygen atoms in total. The van der Waals surface area contributed by atoms with Gasteiger partial charge < -0.3 is 10.5 Å². The van der Waals surface area contributed by atoms with Crippen LogP contribution in [-0.2, 0) is 0 Å². The van der Waals surface area contributed by atoms with Crippen LogP contribution in [0, 0.1) is 19.7 Å². The van der Waals surface area contributed by atoms with Gasteiger partial charge in [0.1, 0.15) is 6.33 Å². The van der Waals surface area contributed by atoms with Gasteiger partial charge in [-0.05, 0) is 31.5 Å². The third kappa shape index (κ3) is 2.33. The largest absolute Gasteiger partial charge is 0.434 e. The normalized spacial score (nSPS) is 10.3. The van der Waals surface area contributed by atoms with Gasteiger partial charge in [-0.2, -0.15) is 9.37 Å². The molecule has 1 aromatic carbocycles. The van der Waals surface area contributed by atoms with Crippen LogP contribution in [0.25, 0.3) is 0 Å². The van der Waals surface area contributed by atoms with Crippen LogP contribution < -0.4 is 10.5 Å². The first kappa shape index (κ1) is 11.3.